The van der Waals surface area contributed by atoms with Crippen molar-refractivity contribution in [3.63, 3.8) is 0 Å². The quantitative estimate of drug-likeness (QED) is 0.167. The van der Waals surface area contributed by atoms with Crippen LogP contribution in [0.5, 0.6) is 0 Å². The zero-order valence-corrected chi connectivity index (χ0v) is 27.4. The molecule has 0 amide bonds. The van der Waals surface area contributed by atoms with Crippen LogP contribution in [-0.2, 0) is 0 Å². The smallest absolute Gasteiger partial charge is 0.135 e. The molecule has 0 saturated heterocycles. The minimum atomic E-state index is -0.870. The van der Waals surface area contributed by atoms with Crippen LogP contribution in [0.3, 0.4) is 0 Å². The van der Waals surface area contributed by atoms with Crippen molar-refractivity contribution < 1.29 is 30.5 Å². The number of fused-ring (bicyclic) bond motifs is 7. The van der Waals surface area contributed by atoms with Gasteiger partial charge in [-0.25, -0.2) is 0 Å². The highest BCUT2D eigenvalue weighted by molar-refractivity contribution is 6.21. The molecule has 10 aromatic carbocycles. The molecule has 0 radical (unpaired) electrons. The molecule has 0 aliphatic heterocycles. The summed E-state index contributed by atoms with van der Waals surface area (Å²) in [5.74, 6) is 0. The fourth-order valence-electron chi connectivity index (χ4n) is 7.22. The predicted molar refractivity (Wildman–Crippen MR) is 225 cm³/mol. The molecule has 1 heterocycles. The summed E-state index contributed by atoms with van der Waals surface area (Å²) in [6.45, 7) is 0. The van der Waals surface area contributed by atoms with Crippen molar-refractivity contribution in [3.05, 3.63) is 194 Å². The lowest BCUT2D eigenvalue weighted by Crippen LogP contribution is -1.90. The zero-order chi connectivity index (χ0) is 51.4. The van der Waals surface area contributed by atoms with Gasteiger partial charge in [-0.1, -0.05) is 157 Å². The van der Waals surface area contributed by atoms with Crippen molar-refractivity contribution >= 4 is 65.0 Å². The van der Waals surface area contributed by atoms with Crippen molar-refractivity contribution in [3.8, 4) is 44.5 Å². The maximum atomic E-state index is 9.78. The summed E-state index contributed by atoms with van der Waals surface area (Å²) in [5, 5.41) is 0.286. The van der Waals surface area contributed by atoms with Crippen LogP contribution >= 0.6 is 0 Å². The van der Waals surface area contributed by atoms with Crippen molar-refractivity contribution in [2.75, 3.05) is 0 Å². The van der Waals surface area contributed by atoms with E-state index in [1.807, 2.05) is 60.7 Å². The van der Waals surface area contributed by atoms with Crippen LogP contribution in [0.1, 0.15) is 26.0 Å². The highest BCUT2D eigenvalue weighted by Gasteiger charge is 2.17. The van der Waals surface area contributed by atoms with E-state index in [4.69, 9.17) is 16.8 Å². The fourth-order valence-corrected chi connectivity index (χ4v) is 7.22. The van der Waals surface area contributed by atoms with E-state index in [2.05, 4.69) is 0 Å². The Balaban J connectivity index is 1.23. The van der Waals surface area contributed by atoms with Gasteiger partial charge in [0.05, 0.1) is 26.0 Å². The van der Waals surface area contributed by atoms with Gasteiger partial charge < -0.3 is 4.42 Å². The number of rotatable bonds is 4. The summed E-state index contributed by atoms with van der Waals surface area (Å²) < 4.78 is 179. The molecule has 0 unspecified atom stereocenters. The Kier molecular flexibility index (Phi) is 3.69. The Bertz CT molecular complexity index is 4220. The monoisotopic (exact) mass is 691 g/mol. The third-order valence-corrected chi connectivity index (χ3v) is 9.61. The number of hydrogen-bond donors (Lipinski definition) is 0. The molecule has 0 bridgehead atoms. The zero-order valence-electron chi connectivity index (χ0n) is 46.4. The van der Waals surface area contributed by atoms with Gasteiger partial charge in [0, 0.05) is 10.8 Å². The van der Waals surface area contributed by atoms with Gasteiger partial charge >= 0.3 is 0 Å². The van der Waals surface area contributed by atoms with Crippen LogP contribution in [0.15, 0.2) is 198 Å². The molecular formula is C52H32O. The molecule has 0 fully saturated rings. The molecular weight excluding hydrogens is 641 g/mol. The van der Waals surface area contributed by atoms with E-state index in [1.54, 1.807) is 18.2 Å². The lowest BCUT2D eigenvalue weighted by atomic mass is 9.85. The highest BCUT2D eigenvalue weighted by atomic mass is 16.3. The van der Waals surface area contributed by atoms with Gasteiger partial charge in [-0.3, -0.25) is 0 Å². The third-order valence-electron chi connectivity index (χ3n) is 9.61. The Morgan fingerprint density at radius 3 is 1.58 bits per heavy atom. The minimum Gasteiger partial charge on any atom is -0.456 e. The van der Waals surface area contributed by atoms with Crippen LogP contribution in [0.25, 0.3) is 110 Å². The summed E-state index contributed by atoms with van der Waals surface area (Å²) in [5.41, 5.74) is 0.723. The third kappa shape index (κ3) is 4.79. The molecule has 1 heteroatoms. The minimum absolute atomic E-state index is 0.101. The average Bonchev–Trinajstić information content (AvgIpc) is 3.74. The summed E-state index contributed by atoms with van der Waals surface area (Å²) in [4.78, 5) is 0. The second-order valence-corrected chi connectivity index (χ2v) is 12.6. The van der Waals surface area contributed by atoms with E-state index in [9.17, 15) is 13.7 Å². The van der Waals surface area contributed by atoms with Gasteiger partial charge in [0.2, 0.25) is 0 Å². The van der Waals surface area contributed by atoms with Gasteiger partial charge in [-0.2, -0.15) is 0 Å². The van der Waals surface area contributed by atoms with E-state index in [0.29, 0.717) is 22.1 Å². The number of furan rings is 1. The van der Waals surface area contributed by atoms with E-state index < -0.39 is 164 Å². The van der Waals surface area contributed by atoms with Crippen molar-refractivity contribution in [1.29, 1.82) is 0 Å². The first kappa shape index (κ1) is 16.6. The Labute approximate surface area is 333 Å². The summed E-state index contributed by atoms with van der Waals surface area (Å²) in [7, 11) is 0. The van der Waals surface area contributed by atoms with Gasteiger partial charge in [-0.05, 0) is 124 Å². The largest absolute Gasteiger partial charge is 0.456 e. The van der Waals surface area contributed by atoms with Crippen LogP contribution in [0.4, 0.5) is 0 Å². The fraction of sp³-hybridized carbons (Fsp3) is 0. The average molecular weight is 692 g/mol. The Morgan fingerprint density at radius 2 is 0.887 bits per heavy atom. The van der Waals surface area contributed by atoms with Crippen molar-refractivity contribution in [2.45, 2.75) is 0 Å². The number of hydrogen-bond acceptors (Lipinski definition) is 1. The molecule has 0 aliphatic rings. The molecule has 1 nitrogen and oxygen atoms in total. The maximum Gasteiger partial charge on any atom is 0.135 e. The first-order chi connectivity index (χ1) is 34.2. The van der Waals surface area contributed by atoms with E-state index in [0.717, 1.165) is 27.3 Å². The van der Waals surface area contributed by atoms with Crippen LogP contribution in [0, 0.1) is 0 Å². The van der Waals surface area contributed by atoms with Crippen LogP contribution in [-0.4, -0.2) is 0 Å². The van der Waals surface area contributed by atoms with E-state index in [-0.39, 0.29) is 10.9 Å². The molecule has 0 aliphatic carbocycles. The summed E-state index contributed by atoms with van der Waals surface area (Å²) in [6.07, 6.45) is 0. The second kappa shape index (κ2) is 11.8. The predicted octanol–water partition coefficient (Wildman–Crippen LogP) is 14.9. The first-order valence-electron chi connectivity index (χ1n) is 26.2. The van der Waals surface area contributed by atoms with Gasteiger partial charge in [-0.15, -0.1) is 0 Å². The first-order valence-corrected chi connectivity index (χ1v) is 16.7. The maximum absolute atomic E-state index is 9.78. The van der Waals surface area contributed by atoms with Crippen LogP contribution < -0.4 is 0 Å². The van der Waals surface area contributed by atoms with E-state index in [1.165, 1.54) is 0 Å². The molecule has 0 atom stereocenters. The SMILES string of the molecule is [2H]c1c([2H])c([2H])c(-c2c3c([2H])c([2H])c([2H])c([2H])c3c(-c3c([2H])c([2H])c4c([2H])c(-c5ccc6oc7ccc(-c8cccc9ccccc89)cc7c6c5)c([2H])c([2H])c4c3[2H])c3c([2H])c([2H])c([2H])c([2H])c23)c([2H])c1[2H]. The lowest BCUT2D eigenvalue weighted by molar-refractivity contribution is 0.669. The Hall–Kier alpha value is -6.96. The second-order valence-electron chi connectivity index (χ2n) is 12.6. The topological polar surface area (TPSA) is 13.1 Å². The van der Waals surface area contributed by atoms with Crippen LogP contribution in [0.2, 0.25) is 0 Å². The number of benzene rings is 10. The molecule has 0 saturated carbocycles. The lowest BCUT2D eigenvalue weighted by Gasteiger charge is -2.18. The molecule has 246 valence electrons. The van der Waals surface area contributed by atoms with E-state index >= 15 is 0 Å². The Morgan fingerprint density at radius 1 is 0.340 bits per heavy atom. The summed E-state index contributed by atoms with van der Waals surface area (Å²) >= 11 is 0. The molecule has 11 rings (SSSR count). The molecule has 53 heavy (non-hydrogen) atoms. The van der Waals surface area contributed by atoms with Crippen molar-refractivity contribution in [1.82, 2.24) is 0 Å². The highest BCUT2D eigenvalue weighted by Crippen LogP contribution is 2.44. The van der Waals surface area contributed by atoms with Gasteiger partial charge in [0.25, 0.3) is 0 Å². The molecule has 0 spiro atoms. The standard InChI is InChI=1S/C52H32O/c1-2-12-34(13-3-1)51-43-16-6-8-18-45(43)52(46-19-9-7-17-44(46)51)40-24-23-35-29-36(21-22-37(35)30-40)38-25-27-49-47(31-38)48-32-39(26-28-50(48)53-49)42-20-10-14-33-11-4-5-15-41(33)42/h1-32H/i1D,2D,3D,6D,7D,8D,9D,12D,13D,16D,17D,18D,19D,21D,22D,23D,24D,29D,30D. The van der Waals surface area contributed by atoms with Gasteiger partial charge in [0.15, 0.2) is 0 Å². The normalized spacial score (nSPS) is 16.8. The molecule has 11 aromatic rings. The van der Waals surface area contributed by atoms with Gasteiger partial charge in [0.1, 0.15) is 11.2 Å². The molecule has 1 aromatic heterocycles. The van der Waals surface area contributed by atoms with Crippen molar-refractivity contribution in [2.24, 2.45) is 0 Å². The summed E-state index contributed by atoms with van der Waals surface area (Å²) in [6, 6.07) is 9.65. The molecule has 0 N–H and O–H groups in total.